The molecule has 0 aliphatic carbocycles. The summed E-state index contributed by atoms with van der Waals surface area (Å²) in [7, 11) is 0. The zero-order chi connectivity index (χ0) is 7.40. The van der Waals surface area contributed by atoms with Crippen LogP contribution >= 0.6 is 0 Å². The van der Waals surface area contributed by atoms with Crippen molar-refractivity contribution in [2.24, 2.45) is 5.92 Å². The Kier molecular flexibility index (Phi) is 3.20. The van der Waals surface area contributed by atoms with E-state index in [-0.39, 0.29) is 0 Å². The van der Waals surface area contributed by atoms with E-state index >= 15 is 0 Å². The van der Waals surface area contributed by atoms with Gasteiger partial charge in [0.2, 0.25) is 0 Å². The second-order valence-electron chi connectivity index (χ2n) is 3.36. The molecule has 2 atom stereocenters. The highest BCUT2D eigenvalue weighted by Gasteiger charge is 2.17. The lowest BCUT2D eigenvalue weighted by molar-refractivity contribution is 0.000763. The van der Waals surface area contributed by atoms with Crippen LogP contribution in [0.3, 0.4) is 0 Å². The van der Waals surface area contributed by atoms with Crippen molar-refractivity contribution in [3.8, 4) is 0 Å². The average Bonchev–Trinajstić information content (AvgIpc) is 1.88. The molecule has 1 aliphatic rings. The molecular formula is C9H18O. The normalized spacial score (nSPS) is 34.2. The van der Waals surface area contributed by atoms with E-state index in [1.54, 1.807) is 0 Å². The predicted molar refractivity (Wildman–Crippen MR) is 43.0 cm³/mol. The Morgan fingerprint density at radius 1 is 1.50 bits per heavy atom. The summed E-state index contributed by atoms with van der Waals surface area (Å²) in [6.45, 7) is 5.44. The largest absolute Gasteiger partial charge is 0.378 e. The van der Waals surface area contributed by atoms with Gasteiger partial charge < -0.3 is 4.74 Å². The fourth-order valence-electron chi connectivity index (χ4n) is 1.76. The fourth-order valence-corrected chi connectivity index (χ4v) is 1.76. The summed E-state index contributed by atoms with van der Waals surface area (Å²) in [5.41, 5.74) is 0. The topological polar surface area (TPSA) is 9.23 Å². The van der Waals surface area contributed by atoms with Crippen molar-refractivity contribution >= 4 is 0 Å². The highest BCUT2D eigenvalue weighted by atomic mass is 16.5. The highest BCUT2D eigenvalue weighted by Crippen LogP contribution is 2.23. The number of hydrogen-bond donors (Lipinski definition) is 0. The Morgan fingerprint density at radius 2 is 2.30 bits per heavy atom. The maximum absolute atomic E-state index is 5.45. The van der Waals surface area contributed by atoms with Gasteiger partial charge in [-0.05, 0) is 25.7 Å². The molecule has 0 bridgehead atoms. The van der Waals surface area contributed by atoms with Crippen LogP contribution in [0.15, 0.2) is 0 Å². The van der Waals surface area contributed by atoms with Crippen LogP contribution in [-0.2, 0) is 4.74 Å². The Labute approximate surface area is 63.8 Å². The zero-order valence-electron chi connectivity index (χ0n) is 7.10. The molecule has 0 spiro atoms. The molecule has 10 heavy (non-hydrogen) atoms. The van der Waals surface area contributed by atoms with Gasteiger partial charge in [-0.2, -0.15) is 0 Å². The molecule has 0 unspecified atom stereocenters. The molecule has 0 N–H and O–H groups in total. The predicted octanol–water partition coefficient (Wildman–Crippen LogP) is 2.60. The lowest BCUT2D eigenvalue weighted by atomic mass is 9.92. The molecule has 0 aromatic heterocycles. The van der Waals surface area contributed by atoms with Gasteiger partial charge in [0, 0.05) is 6.61 Å². The highest BCUT2D eigenvalue weighted by molar-refractivity contribution is 4.67. The van der Waals surface area contributed by atoms with E-state index in [9.17, 15) is 0 Å². The van der Waals surface area contributed by atoms with Crippen LogP contribution in [0.4, 0.5) is 0 Å². The summed E-state index contributed by atoms with van der Waals surface area (Å²) >= 11 is 0. The minimum absolute atomic E-state index is 0.519. The van der Waals surface area contributed by atoms with Gasteiger partial charge in [-0.25, -0.2) is 0 Å². The molecule has 0 amide bonds. The van der Waals surface area contributed by atoms with Crippen LogP contribution in [0.5, 0.6) is 0 Å². The van der Waals surface area contributed by atoms with E-state index in [4.69, 9.17) is 4.74 Å². The SMILES string of the molecule is CCC[C@H]1CCO[C@@H](C)C1. The molecule has 1 nitrogen and oxygen atoms in total. The van der Waals surface area contributed by atoms with E-state index in [1.165, 1.54) is 25.7 Å². The molecule has 1 saturated heterocycles. The van der Waals surface area contributed by atoms with E-state index in [2.05, 4.69) is 13.8 Å². The molecule has 0 radical (unpaired) electrons. The Morgan fingerprint density at radius 3 is 2.90 bits per heavy atom. The second-order valence-corrected chi connectivity index (χ2v) is 3.36. The summed E-state index contributed by atoms with van der Waals surface area (Å²) in [5, 5.41) is 0. The third kappa shape index (κ3) is 2.30. The monoisotopic (exact) mass is 142 g/mol. The molecule has 1 fully saturated rings. The number of rotatable bonds is 2. The van der Waals surface area contributed by atoms with Crippen LogP contribution in [0, 0.1) is 5.92 Å². The van der Waals surface area contributed by atoms with E-state index in [0.717, 1.165) is 12.5 Å². The van der Waals surface area contributed by atoms with Gasteiger partial charge in [0.15, 0.2) is 0 Å². The maximum atomic E-state index is 5.45. The molecule has 0 saturated carbocycles. The van der Waals surface area contributed by atoms with E-state index in [0.29, 0.717) is 6.10 Å². The van der Waals surface area contributed by atoms with Crippen LogP contribution in [0.25, 0.3) is 0 Å². The van der Waals surface area contributed by atoms with Crippen LogP contribution in [-0.4, -0.2) is 12.7 Å². The third-order valence-corrected chi connectivity index (χ3v) is 2.29. The van der Waals surface area contributed by atoms with Gasteiger partial charge in [-0.15, -0.1) is 0 Å². The average molecular weight is 142 g/mol. The van der Waals surface area contributed by atoms with Gasteiger partial charge in [-0.3, -0.25) is 0 Å². The molecular weight excluding hydrogens is 124 g/mol. The Balaban J connectivity index is 2.18. The van der Waals surface area contributed by atoms with Gasteiger partial charge in [0.25, 0.3) is 0 Å². The Hall–Kier alpha value is -0.0400. The molecule has 1 heteroatoms. The van der Waals surface area contributed by atoms with Gasteiger partial charge in [0.05, 0.1) is 6.10 Å². The maximum Gasteiger partial charge on any atom is 0.0549 e. The van der Waals surface area contributed by atoms with Crippen molar-refractivity contribution in [2.75, 3.05) is 6.61 Å². The molecule has 0 aromatic carbocycles. The van der Waals surface area contributed by atoms with Crippen molar-refractivity contribution in [1.29, 1.82) is 0 Å². The second kappa shape index (κ2) is 3.97. The minimum Gasteiger partial charge on any atom is -0.378 e. The fraction of sp³-hybridized carbons (Fsp3) is 1.00. The smallest absolute Gasteiger partial charge is 0.0549 e. The van der Waals surface area contributed by atoms with Crippen LogP contribution in [0.1, 0.15) is 39.5 Å². The quantitative estimate of drug-likeness (QED) is 0.576. The van der Waals surface area contributed by atoms with Crippen LogP contribution in [0.2, 0.25) is 0 Å². The van der Waals surface area contributed by atoms with Gasteiger partial charge in [0.1, 0.15) is 0 Å². The number of ether oxygens (including phenoxy) is 1. The molecule has 1 aliphatic heterocycles. The first-order valence-electron chi connectivity index (χ1n) is 4.44. The van der Waals surface area contributed by atoms with Crippen molar-refractivity contribution < 1.29 is 4.74 Å². The molecule has 60 valence electrons. The van der Waals surface area contributed by atoms with Crippen LogP contribution < -0.4 is 0 Å². The van der Waals surface area contributed by atoms with Gasteiger partial charge in [-0.1, -0.05) is 19.8 Å². The summed E-state index contributed by atoms with van der Waals surface area (Å²) in [6, 6.07) is 0. The lowest BCUT2D eigenvalue weighted by Crippen LogP contribution is -2.22. The molecule has 1 rings (SSSR count). The van der Waals surface area contributed by atoms with Crippen molar-refractivity contribution in [3.63, 3.8) is 0 Å². The first kappa shape index (κ1) is 8.06. The Bertz CT molecular complexity index is 88.7. The summed E-state index contributed by atoms with van der Waals surface area (Å²) in [6.07, 6.45) is 5.82. The van der Waals surface area contributed by atoms with Crippen molar-refractivity contribution in [1.82, 2.24) is 0 Å². The molecule has 0 aromatic rings. The first-order valence-corrected chi connectivity index (χ1v) is 4.44. The van der Waals surface area contributed by atoms with Gasteiger partial charge >= 0.3 is 0 Å². The zero-order valence-corrected chi connectivity index (χ0v) is 7.10. The van der Waals surface area contributed by atoms with E-state index < -0.39 is 0 Å². The summed E-state index contributed by atoms with van der Waals surface area (Å²) < 4.78 is 5.45. The summed E-state index contributed by atoms with van der Waals surface area (Å²) in [5.74, 6) is 0.953. The summed E-state index contributed by atoms with van der Waals surface area (Å²) in [4.78, 5) is 0. The molecule has 1 heterocycles. The third-order valence-electron chi connectivity index (χ3n) is 2.29. The minimum atomic E-state index is 0.519. The van der Waals surface area contributed by atoms with Crippen molar-refractivity contribution in [3.05, 3.63) is 0 Å². The number of hydrogen-bond acceptors (Lipinski definition) is 1. The lowest BCUT2D eigenvalue weighted by Gasteiger charge is -2.26. The standard InChI is InChI=1S/C9H18O/c1-3-4-9-5-6-10-8(2)7-9/h8-9H,3-7H2,1-2H3/t8-,9-/m0/s1. The van der Waals surface area contributed by atoms with Crippen molar-refractivity contribution in [2.45, 2.75) is 45.6 Å². The van der Waals surface area contributed by atoms with E-state index in [1.807, 2.05) is 0 Å². The first-order chi connectivity index (χ1) is 4.83.